The van der Waals surface area contributed by atoms with E-state index in [1.54, 1.807) is 26.6 Å². The number of benzene rings is 3. The van der Waals surface area contributed by atoms with E-state index in [4.69, 9.17) is 23.7 Å². The number of cyclic esters (lactones) is 1. The van der Waals surface area contributed by atoms with Gasteiger partial charge in [0.2, 0.25) is 6.79 Å². The Morgan fingerprint density at radius 2 is 1.45 bits per heavy atom. The first-order valence-corrected chi connectivity index (χ1v) is 10.4. The summed E-state index contributed by atoms with van der Waals surface area (Å²) in [6, 6.07) is 13.4. The molecule has 2 aliphatic rings. The van der Waals surface area contributed by atoms with Crippen molar-refractivity contribution < 1.29 is 28.5 Å². The summed E-state index contributed by atoms with van der Waals surface area (Å²) in [6.45, 7) is 0.360. The zero-order chi connectivity index (χ0) is 22.5. The molecule has 0 spiro atoms. The van der Waals surface area contributed by atoms with Crippen LogP contribution in [0.3, 0.4) is 0 Å². The van der Waals surface area contributed by atoms with E-state index < -0.39 is 0 Å². The number of rotatable bonds is 4. The topological polar surface area (TPSA) is 76.1 Å². The van der Waals surface area contributed by atoms with Crippen molar-refractivity contribution in [3.8, 4) is 45.3 Å². The average Bonchev–Trinajstić information content (AvgIpc) is 3.48. The number of carbonyl (C=O) groups excluding carboxylic acids is 1. The summed E-state index contributed by atoms with van der Waals surface area (Å²) in [4.78, 5) is 17.2. The second-order valence-electron chi connectivity index (χ2n) is 7.74. The maximum Gasteiger partial charge on any atom is 0.339 e. The minimum atomic E-state index is -0.357. The number of fused-ring (bicyclic) bond motifs is 3. The summed E-state index contributed by atoms with van der Waals surface area (Å²) in [7, 11) is 3.20. The molecule has 6 rings (SSSR count). The van der Waals surface area contributed by atoms with E-state index in [1.807, 2.05) is 42.5 Å². The SMILES string of the molecule is COc1cc2c(-c3ccncc3)c3c(c(-c4ccc5c(c4)OCO5)c2cc1OC)C(=O)OC3. The molecule has 3 aromatic carbocycles. The Morgan fingerprint density at radius 3 is 2.18 bits per heavy atom. The van der Waals surface area contributed by atoms with Gasteiger partial charge in [-0.1, -0.05) is 6.07 Å². The Kier molecular flexibility index (Phi) is 4.36. The molecular formula is C26H19NO6. The van der Waals surface area contributed by atoms with E-state index >= 15 is 0 Å². The molecule has 0 radical (unpaired) electrons. The van der Waals surface area contributed by atoms with Crippen molar-refractivity contribution in [3.05, 3.63) is 66.0 Å². The summed E-state index contributed by atoms with van der Waals surface area (Å²) in [6.07, 6.45) is 3.47. The summed E-state index contributed by atoms with van der Waals surface area (Å²) in [5, 5.41) is 1.76. The van der Waals surface area contributed by atoms with Crippen molar-refractivity contribution in [2.24, 2.45) is 0 Å². The predicted molar refractivity (Wildman–Crippen MR) is 121 cm³/mol. The molecule has 7 heteroatoms. The molecular weight excluding hydrogens is 422 g/mol. The minimum Gasteiger partial charge on any atom is -0.493 e. The maximum absolute atomic E-state index is 13.1. The summed E-state index contributed by atoms with van der Waals surface area (Å²) < 4.78 is 27.8. The van der Waals surface area contributed by atoms with Crippen LogP contribution in [0.4, 0.5) is 0 Å². The molecule has 4 aromatic rings. The van der Waals surface area contributed by atoms with Crippen LogP contribution in [0, 0.1) is 0 Å². The van der Waals surface area contributed by atoms with Gasteiger partial charge in [-0.15, -0.1) is 0 Å². The molecule has 0 bridgehead atoms. The van der Waals surface area contributed by atoms with Crippen LogP contribution in [-0.4, -0.2) is 32.0 Å². The van der Waals surface area contributed by atoms with Crippen molar-refractivity contribution in [3.63, 3.8) is 0 Å². The zero-order valence-corrected chi connectivity index (χ0v) is 18.0. The summed E-state index contributed by atoms with van der Waals surface area (Å²) in [5.41, 5.74) is 4.82. The van der Waals surface area contributed by atoms with Gasteiger partial charge in [-0.05, 0) is 63.9 Å². The number of nitrogens with zero attached hydrogens (tertiary/aromatic N) is 1. The van der Waals surface area contributed by atoms with E-state index in [-0.39, 0.29) is 19.4 Å². The molecule has 0 unspecified atom stereocenters. The smallest absolute Gasteiger partial charge is 0.339 e. The van der Waals surface area contributed by atoms with Crippen molar-refractivity contribution >= 4 is 16.7 Å². The molecule has 2 aliphatic heterocycles. The predicted octanol–water partition coefficient (Wildman–Crippen LogP) is 4.99. The standard InChI is InChI=1S/C26H19NO6/c1-29-20-10-16-17(11-21(20)30-2)24(15-3-4-19-22(9-15)33-13-32-19)25-18(12-31-26(25)28)23(16)14-5-7-27-8-6-14/h3-11H,12-13H2,1-2H3. The van der Waals surface area contributed by atoms with Gasteiger partial charge in [0.15, 0.2) is 23.0 Å². The molecule has 0 saturated carbocycles. The van der Waals surface area contributed by atoms with Gasteiger partial charge in [0.25, 0.3) is 0 Å². The lowest BCUT2D eigenvalue weighted by molar-refractivity contribution is 0.0536. The molecule has 0 N–H and O–H groups in total. The summed E-state index contributed by atoms with van der Waals surface area (Å²) >= 11 is 0. The fourth-order valence-corrected chi connectivity index (χ4v) is 4.65. The van der Waals surface area contributed by atoms with Gasteiger partial charge in [-0.3, -0.25) is 4.98 Å². The molecule has 3 heterocycles. The first kappa shape index (κ1) is 19.4. The quantitative estimate of drug-likeness (QED) is 0.413. The Balaban J connectivity index is 1.77. The maximum atomic E-state index is 13.1. The lowest BCUT2D eigenvalue weighted by Gasteiger charge is -2.19. The molecule has 0 amide bonds. The highest BCUT2D eigenvalue weighted by atomic mass is 16.7. The van der Waals surface area contributed by atoms with Crippen molar-refractivity contribution in [2.75, 3.05) is 21.0 Å². The average molecular weight is 441 g/mol. The molecule has 0 saturated heterocycles. The lowest BCUT2D eigenvalue weighted by Crippen LogP contribution is -2.02. The Hall–Kier alpha value is -4.26. The molecule has 33 heavy (non-hydrogen) atoms. The van der Waals surface area contributed by atoms with E-state index in [0.29, 0.717) is 28.6 Å². The van der Waals surface area contributed by atoms with Gasteiger partial charge in [-0.25, -0.2) is 4.79 Å². The van der Waals surface area contributed by atoms with Crippen LogP contribution in [0.15, 0.2) is 54.9 Å². The highest BCUT2D eigenvalue weighted by Gasteiger charge is 2.33. The Labute approximate surface area is 189 Å². The van der Waals surface area contributed by atoms with Gasteiger partial charge >= 0.3 is 5.97 Å². The van der Waals surface area contributed by atoms with E-state index in [2.05, 4.69) is 4.98 Å². The number of pyridine rings is 1. The van der Waals surface area contributed by atoms with Crippen LogP contribution < -0.4 is 18.9 Å². The monoisotopic (exact) mass is 441 g/mol. The largest absolute Gasteiger partial charge is 0.493 e. The number of esters is 1. The zero-order valence-electron chi connectivity index (χ0n) is 18.0. The fraction of sp³-hybridized carbons (Fsp3) is 0.154. The molecule has 0 atom stereocenters. The lowest BCUT2D eigenvalue weighted by atomic mass is 9.84. The first-order chi connectivity index (χ1) is 16.2. The van der Waals surface area contributed by atoms with Gasteiger partial charge in [0, 0.05) is 23.5 Å². The number of methoxy groups -OCH3 is 2. The van der Waals surface area contributed by atoms with Crippen LogP contribution in [0.5, 0.6) is 23.0 Å². The number of hydrogen-bond acceptors (Lipinski definition) is 7. The number of aromatic nitrogens is 1. The van der Waals surface area contributed by atoms with Crippen LogP contribution in [0.2, 0.25) is 0 Å². The van der Waals surface area contributed by atoms with E-state index in [0.717, 1.165) is 38.6 Å². The number of ether oxygens (including phenoxy) is 5. The molecule has 0 fully saturated rings. The third-order valence-corrected chi connectivity index (χ3v) is 6.10. The second-order valence-corrected chi connectivity index (χ2v) is 7.74. The molecule has 1 aromatic heterocycles. The van der Waals surface area contributed by atoms with E-state index in [1.165, 1.54) is 0 Å². The highest BCUT2D eigenvalue weighted by Crippen LogP contribution is 2.49. The third-order valence-electron chi connectivity index (χ3n) is 6.10. The first-order valence-electron chi connectivity index (χ1n) is 10.4. The van der Waals surface area contributed by atoms with E-state index in [9.17, 15) is 4.79 Å². The van der Waals surface area contributed by atoms with Gasteiger partial charge in [0.05, 0.1) is 19.8 Å². The minimum absolute atomic E-state index is 0.172. The normalized spacial score (nSPS) is 13.7. The molecule has 7 nitrogen and oxygen atoms in total. The fourth-order valence-electron chi connectivity index (χ4n) is 4.65. The van der Waals surface area contributed by atoms with Crippen LogP contribution >= 0.6 is 0 Å². The van der Waals surface area contributed by atoms with Crippen LogP contribution in [0.25, 0.3) is 33.0 Å². The highest BCUT2D eigenvalue weighted by molar-refractivity contribution is 6.16. The van der Waals surface area contributed by atoms with Crippen molar-refractivity contribution in [1.82, 2.24) is 4.98 Å². The Morgan fingerprint density at radius 1 is 0.758 bits per heavy atom. The number of hydrogen-bond donors (Lipinski definition) is 0. The van der Waals surface area contributed by atoms with Crippen molar-refractivity contribution in [2.45, 2.75) is 6.61 Å². The van der Waals surface area contributed by atoms with Gasteiger partial charge in [0.1, 0.15) is 6.61 Å². The van der Waals surface area contributed by atoms with Crippen LogP contribution in [-0.2, 0) is 11.3 Å². The molecule has 0 aliphatic carbocycles. The molecule has 164 valence electrons. The third kappa shape index (κ3) is 2.89. The van der Waals surface area contributed by atoms with Crippen molar-refractivity contribution in [1.29, 1.82) is 0 Å². The second kappa shape index (κ2) is 7.41. The Bertz CT molecular complexity index is 1430. The summed E-state index contributed by atoms with van der Waals surface area (Å²) in [5.74, 6) is 2.13. The van der Waals surface area contributed by atoms with Crippen LogP contribution in [0.1, 0.15) is 15.9 Å². The van der Waals surface area contributed by atoms with Gasteiger partial charge in [-0.2, -0.15) is 0 Å². The number of carbonyl (C=O) groups is 1. The van der Waals surface area contributed by atoms with Gasteiger partial charge < -0.3 is 23.7 Å².